The maximum Gasteiger partial charge on any atom is 0.161 e. The lowest BCUT2D eigenvalue weighted by Crippen LogP contribution is -2.19. The molecule has 0 amide bonds. The Bertz CT molecular complexity index is 354. The van der Waals surface area contributed by atoms with Crippen LogP contribution in [-0.4, -0.2) is 26.4 Å². The van der Waals surface area contributed by atoms with Crippen LogP contribution in [-0.2, 0) is 4.74 Å². The van der Waals surface area contributed by atoms with Crippen LogP contribution >= 0.6 is 0 Å². The topological polar surface area (TPSA) is 53.7 Å². The van der Waals surface area contributed by atoms with E-state index in [1.54, 1.807) is 0 Å². The summed E-state index contributed by atoms with van der Waals surface area (Å²) in [5, 5.41) is 0. The fraction of sp³-hybridized carbons (Fsp3) is 0.500. The smallest absolute Gasteiger partial charge is 0.161 e. The van der Waals surface area contributed by atoms with Gasteiger partial charge >= 0.3 is 0 Å². The van der Waals surface area contributed by atoms with Gasteiger partial charge in [0.1, 0.15) is 13.2 Å². The van der Waals surface area contributed by atoms with Gasteiger partial charge in [0.2, 0.25) is 0 Å². The molecular weight excluding hydrogens is 206 g/mol. The molecule has 0 saturated carbocycles. The highest BCUT2D eigenvalue weighted by atomic mass is 16.6. The maximum atomic E-state index is 5.99. The Kier molecular flexibility index (Phi) is 3.64. The predicted octanol–water partition coefficient (Wildman–Crippen LogP) is 1.49. The average Bonchev–Trinajstić information content (AvgIpc) is 2.35. The number of hydrogen-bond donors (Lipinski definition) is 1. The molecule has 88 valence electrons. The summed E-state index contributed by atoms with van der Waals surface area (Å²) in [7, 11) is 0. The van der Waals surface area contributed by atoms with E-state index in [2.05, 4.69) is 0 Å². The molecule has 0 aromatic heterocycles. The van der Waals surface area contributed by atoms with Crippen LogP contribution < -0.4 is 15.2 Å². The van der Waals surface area contributed by atoms with Crippen molar-refractivity contribution in [2.45, 2.75) is 13.0 Å². The van der Waals surface area contributed by atoms with Gasteiger partial charge in [-0.15, -0.1) is 0 Å². The maximum absolute atomic E-state index is 5.99. The molecule has 1 unspecified atom stereocenters. The first kappa shape index (κ1) is 11.2. The molecule has 2 rings (SSSR count). The molecule has 0 spiro atoms. The Labute approximate surface area is 95.3 Å². The Hall–Kier alpha value is -1.26. The first-order chi connectivity index (χ1) is 7.81. The van der Waals surface area contributed by atoms with Gasteiger partial charge in [0.15, 0.2) is 11.5 Å². The fourth-order valence-electron chi connectivity index (χ4n) is 1.63. The molecule has 1 aromatic carbocycles. The van der Waals surface area contributed by atoms with E-state index in [0.29, 0.717) is 26.4 Å². The van der Waals surface area contributed by atoms with E-state index in [9.17, 15) is 0 Å². The summed E-state index contributed by atoms with van der Waals surface area (Å²) in [6.45, 7) is 4.36. The second kappa shape index (κ2) is 5.18. The third kappa shape index (κ3) is 2.46. The van der Waals surface area contributed by atoms with Gasteiger partial charge in [-0.3, -0.25) is 0 Å². The van der Waals surface area contributed by atoms with Crippen LogP contribution in [0.4, 0.5) is 0 Å². The SMILES string of the molecule is CCOCC(N)c1ccc2c(c1)OCCO2. The Morgan fingerprint density at radius 3 is 2.81 bits per heavy atom. The van der Waals surface area contributed by atoms with Crippen molar-refractivity contribution in [1.29, 1.82) is 0 Å². The molecule has 1 aliphatic heterocycles. The Morgan fingerprint density at radius 2 is 2.06 bits per heavy atom. The minimum Gasteiger partial charge on any atom is -0.486 e. The molecule has 2 N–H and O–H groups in total. The lowest BCUT2D eigenvalue weighted by molar-refractivity contribution is 0.133. The molecule has 1 atom stereocenters. The highest BCUT2D eigenvalue weighted by Crippen LogP contribution is 2.32. The molecule has 0 fully saturated rings. The molecule has 16 heavy (non-hydrogen) atoms. The Morgan fingerprint density at radius 1 is 1.31 bits per heavy atom. The van der Waals surface area contributed by atoms with Crippen LogP contribution in [0.1, 0.15) is 18.5 Å². The van der Waals surface area contributed by atoms with E-state index in [1.165, 1.54) is 0 Å². The van der Waals surface area contributed by atoms with Crippen LogP contribution in [0.3, 0.4) is 0 Å². The number of fused-ring (bicyclic) bond motifs is 1. The van der Waals surface area contributed by atoms with Gasteiger partial charge in [-0.25, -0.2) is 0 Å². The lowest BCUT2D eigenvalue weighted by atomic mass is 10.1. The highest BCUT2D eigenvalue weighted by molar-refractivity contribution is 5.44. The minimum atomic E-state index is -0.115. The van der Waals surface area contributed by atoms with Crippen molar-refractivity contribution in [2.75, 3.05) is 26.4 Å². The van der Waals surface area contributed by atoms with Crippen molar-refractivity contribution in [2.24, 2.45) is 5.73 Å². The second-order valence-electron chi connectivity index (χ2n) is 3.67. The fourth-order valence-corrected chi connectivity index (χ4v) is 1.63. The second-order valence-corrected chi connectivity index (χ2v) is 3.67. The summed E-state index contributed by atoms with van der Waals surface area (Å²) in [5.41, 5.74) is 7.00. The van der Waals surface area contributed by atoms with Crippen LogP contribution in [0.2, 0.25) is 0 Å². The highest BCUT2D eigenvalue weighted by Gasteiger charge is 2.14. The molecule has 1 aromatic rings. The zero-order chi connectivity index (χ0) is 11.4. The van der Waals surface area contributed by atoms with E-state index in [-0.39, 0.29) is 6.04 Å². The van der Waals surface area contributed by atoms with E-state index in [1.807, 2.05) is 25.1 Å². The first-order valence-electron chi connectivity index (χ1n) is 5.54. The van der Waals surface area contributed by atoms with Crippen molar-refractivity contribution < 1.29 is 14.2 Å². The molecule has 0 radical (unpaired) electrons. The number of nitrogens with two attached hydrogens (primary N) is 1. The quantitative estimate of drug-likeness (QED) is 0.840. The molecule has 1 aliphatic rings. The normalized spacial score (nSPS) is 15.9. The van der Waals surface area contributed by atoms with E-state index < -0.39 is 0 Å². The van der Waals surface area contributed by atoms with Gasteiger partial charge < -0.3 is 19.9 Å². The van der Waals surface area contributed by atoms with Gasteiger partial charge in [-0.1, -0.05) is 6.07 Å². The van der Waals surface area contributed by atoms with Crippen LogP contribution in [0, 0.1) is 0 Å². The summed E-state index contributed by atoms with van der Waals surface area (Å²) in [6, 6.07) is 5.67. The van der Waals surface area contributed by atoms with Crippen LogP contribution in [0.15, 0.2) is 18.2 Å². The third-order valence-corrected chi connectivity index (χ3v) is 2.50. The van der Waals surface area contributed by atoms with E-state index in [0.717, 1.165) is 17.1 Å². The molecule has 0 bridgehead atoms. The predicted molar refractivity (Wildman–Crippen MR) is 60.9 cm³/mol. The summed E-state index contributed by atoms with van der Waals surface area (Å²) in [5.74, 6) is 1.56. The largest absolute Gasteiger partial charge is 0.486 e. The van der Waals surface area contributed by atoms with Gasteiger partial charge in [-0.05, 0) is 24.6 Å². The monoisotopic (exact) mass is 223 g/mol. The first-order valence-corrected chi connectivity index (χ1v) is 5.54. The van der Waals surface area contributed by atoms with E-state index in [4.69, 9.17) is 19.9 Å². The molecule has 4 nitrogen and oxygen atoms in total. The van der Waals surface area contributed by atoms with Gasteiger partial charge in [0.05, 0.1) is 12.6 Å². The number of benzene rings is 1. The summed E-state index contributed by atoms with van der Waals surface area (Å²) in [4.78, 5) is 0. The van der Waals surface area contributed by atoms with Crippen molar-refractivity contribution >= 4 is 0 Å². The zero-order valence-corrected chi connectivity index (χ0v) is 9.44. The van der Waals surface area contributed by atoms with Crippen LogP contribution in [0.5, 0.6) is 11.5 Å². The average molecular weight is 223 g/mol. The summed E-state index contributed by atoms with van der Waals surface area (Å²) in [6.07, 6.45) is 0. The molecule has 0 aliphatic carbocycles. The lowest BCUT2D eigenvalue weighted by Gasteiger charge is -2.20. The van der Waals surface area contributed by atoms with E-state index >= 15 is 0 Å². The van der Waals surface area contributed by atoms with Crippen LogP contribution in [0.25, 0.3) is 0 Å². The number of hydrogen-bond acceptors (Lipinski definition) is 4. The number of rotatable bonds is 4. The minimum absolute atomic E-state index is 0.115. The van der Waals surface area contributed by atoms with Gasteiger partial charge in [0, 0.05) is 6.61 Å². The van der Waals surface area contributed by atoms with Crippen molar-refractivity contribution in [3.63, 3.8) is 0 Å². The Balaban J connectivity index is 2.10. The third-order valence-electron chi connectivity index (χ3n) is 2.50. The standard InChI is InChI=1S/C12H17NO3/c1-2-14-8-10(13)9-3-4-11-12(7-9)16-6-5-15-11/h3-4,7,10H,2,5-6,8,13H2,1H3. The zero-order valence-electron chi connectivity index (χ0n) is 9.44. The molecule has 1 heterocycles. The van der Waals surface area contributed by atoms with Crippen molar-refractivity contribution in [3.05, 3.63) is 23.8 Å². The van der Waals surface area contributed by atoms with Crippen molar-refractivity contribution in [3.8, 4) is 11.5 Å². The molecule has 0 saturated heterocycles. The molecule has 4 heteroatoms. The number of ether oxygens (including phenoxy) is 3. The summed E-state index contributed by atoms with van der Waals surface area (Å²) < 4.78 is 16.2. The molecular formula is C12H17NO3. The van der Waals surface area contributed by atoms with Gasteiger partial charge in [0.25, 0.3) is 0 Å². The summed E-state index contributed by atoms with van der Waals surface area (Å²) >= 11 is 0. The van der Waals surface area contributed by atoms with Crippen molar-refractivity contribution in [1.82, 2.24) is 0 Å². The van der Waals surface area contributed by atoms with Gasteiger partial charge in [-0.2, -0.15) is 0 Å².